The number of thiophene rings is 1. The predicted octanol–water partition coefficient (Wildman–Crippen LogP) is 2.30. The Morgan fingerprint density at radius 2 is 2.52 bits per heavy atom. The molecule has 1 saturated heterocycles. The molecule has 0 bridgehead atoms. The Hall–Kier alpha value is -1.66. The van der Waals surface area contributed by atoms with Crippen LogP contribution in [0.3, 0.4) is 0 Å². The van der Waals surface area contributed by atoms with Crippen LogP contribution in [0.25, 0.3) is 0 Å². The summed E-state index contributed by atoms with van der Waals surface area (Å²) >= 11 is 1.69. The molecule has 0 spiro atoms. The molecular weight excluding hydrogens is 284 g/mol. The molecule has 0 aliphatic carbocycles. The van der Waals surface area contributed by atoms with E-state index in [1.165, 1.54) is 4.88 Å². The van der Waals surface area contributed by atoms with Crippen LogP contribution in [0.2, 0.25) is 0 Å². The van der Waals surface area contributed by atoms with Gasteiger partial charge in [0, 0.05) is 29.6 Å². The van der Waals surface area contributed by atoms with Gasteiger partial charge in [-0.2, -0.15) is 5.10 Å². The topological polar surface area (TPSA) is 59.0 Å². The van der Waals surface area contributed by atoms with E-state index in [1.807, 2.05) is 35.3 Å². The molecule has 112 valence electrons. The van der Waals surface area contributed by atoms with E-state index in [9.17, 15) is 4.79 Å². The fourth-order valence-electron chi connectivity index (χ4n) is 2.55. The van der Waals surface area contributed by atoms with Crippen LogP contribution in [0.1, 0.15) is 24.3 Å². The van der Waals surface area contributed by atoms with Gasteiger partial charge in [-0.25, -0.2) is 0 Å². The number of nitrogens with zero attached hydrogens (tertiary/aromatic N) is 2. The van der Waals surface area contributed by atoms with Crippen LogP contribution in [0.4, 0.5) is 5.82 Å². The Bertz CT molecular complexity index is 587. The molecule has 1 amide bonds. The van der Waals surface area contributed by atoms with Crippen molar-refractivity contribution in [3.63, 3.8) is 0 Å². The molecule has 1 fully saturated rings. The molecule has 0 radical (unpaired) electrons. The van der Waals surface area contributed by atoms with Crippen LogP contribution >= 0.6 is 11.3 Å². The quantitative estimate of drug-likeness (QED) is 0.891. The first-order chi connectivity index (χ1) is 10.2. The molecule has 21 heavy (non-hydrogen) atoms. The third kappa shape index (κ3) is 3.51. The van der Waals surface area contributed by atoms with Crippen molar-refractivity contribution in [2.45, 2.75) is 25.8 Å². The highest BCUT2D eigenvalue weighted by Crippen LogP contribution is 2.18. The Balaban J connectivity index is 1.56. The molecule has 2 aromatic rings. The lowest BCUT2D eigenvalue weighted by Gasteiger charge is -2.10. The molecular formula is C15H20N4OS. The van der Waals surface area contributed by atoms with E-state index in [-0.39, 0.29) is 11.8 Å². The van der Waals surface area contributed by atoms with E-state index >= 15 is 0 Å². The molecule has 2 atom stereocenters. The Morgan fingerprint density at radius 3 is 3.24 bits per heavy atom. The summed E-state index contributed by atoms with van der Waals surface area (Å²) in [6, 6.07) is 6.35. The zero-order valence-electron chi connectivity index (χ0n) is 12.1. The van der Waals surface area contributed by atoms with Crippen LogP contribution in [0, 0.1) is 5.92 Å². The number of carbonyl (C=O) groups excluding carboxylic acids is 1. The molecule has 0 aromatic carbocycles. The van der Waals surface area contributed by atoms with Crippen molar-refractivity contribution >= 4 is 23.1 Å². The van der Waals surface area contributed by atoms with E-state index in [0.29, 0.717) is 11.9 Å². The third-order valence-corrected chi connectivity index (χ3v) is 4.70. The standard InChI is InChI=1S/C15H20N4OS/c1-11(9-13-3-2-8-21-13)15(20)17-14-5-7-19(18-14)12-4-6-16-10-12/h2-3,5,7-8,11-12,16H,4,6,9-10H2,1H3,(H,17,18,20). The lowest BCUT2D eigenvalue weighted by molar-refractivity contribution is -0.119. The van der Waals surface area contributed by atoms with Crippen molar-refractivity contribution in [3.8, 4) is 0 Å². The summed E-state index contributed by atoms with van der Waals surface area (Å²) in [5.41, 5.74) is 0. The largest absolute Gasteiger partial charge is 0.315 e. The fourth-order valence-corrected chi connectivity index (χ4v) is 3.38. The van der Waals surface area contributed by atoms with Gasteiger partial charge in [-0.05, 0) is 30.8 Å². The van der Waals surface area contributed by atoms with E-state index in [0.717, 1.165) is 25.9 Å². The molecule has 1 aliphatic rings. The van der Waals surface area contributed by atoms with Gasteiger partial charge in [0.05, 0.1) is 6.04 Å². The highest BCUT2D eigenvalue weighted by atomic mass is 32.1. The van der Waals surface area contributed by atoms with Crippen LogP contribution in [0.5, 0.6) is 0 Å². The minimum Gasteiger partial charge on any atom is -0.315 e. The lowest BCUT2D eigenvalue weighted by atomic mass is 10.1. The zero-order chi connectivity index (χ0) is 14.7. The highest BCUT2D eigenvalue weighted by Gasteiger charge is 2.19. The average molecular weight is 304 g/mol. The maximum Gasteiger partial charge on any atom is 0.228 e. The summed E-state index contributed by atoms with van der Waals surface area (Å²) in [6.07, 6.45) is 3.80. The molecule has 2 N–H and O–H groups in total. The number of hydrogen-bond acceptors (Lipinski definition) is 4. The summed E-state index contributed by atoms with van der Waals surface area (Å²) in [5, 5.41) is 12.7. The summed E-state index contributed by atoms with van der Waals surface area (Å²) in [4.78, 5) is 13.4. The molecule has 3 rings (SSSR count). The van der Waals surface area contributed by atoms with Crippen molar-refractivity contribution in [3.05, 3.63) is 34.7 Å². The van der Waals surface area contributed by atoms with Gasteiger partial charge < -0.3 is 10.6 Å². The number of aromatic nitrogens is 2. The van der Waals surface area contributed by atoms with Gasteiger partial charge in [0.25, 0.3) is 0 Å². The zero-order valence-corrected chi connectivity index (χ0v) is 12.9. The van der Waals surface area contributed by atoms with Gasteiger partial charge in [0.2, 0.25) is 5.91 Å². The first-order valence-electron chi connectivity index (χ1n) is 7.31. The maximum absolute atomic E-state index is 12.2. The SMILES string of the molecule is CC(Cc1cccs1)C(=O)Nc1ccn(C2CCNC2)n1. The Labute approximate surface area is 128 Å². The number of hydrogen-bond donors (Lipinski definition) is 2. The first kappa shape index (κ1) is 14.3. The van der Waals surface area contributed by atoms with Gasteiger partial charge in [-0.1, -0.05) is 13.0 Å². The van der Waals surface area contributed by atoms with Crippen molar-refractivity contribution in [1.29, 1.82) is 0 Å². The fraction of sp³-hybridized carbons (Fsp3) is 0.467. The molecule has 2 aromatic heterocycles. The van der Waals surface area contributed by atoms with Crippen LogP contribution in [-0.4, -0.2) is 28.8 Å². The number of amides is 1. The van der Waals surface area contributed by atoms with Crippen LogP contribution in [0.15, 0.2) is 29.8 Å². The minimum atomic E-state index is -0.0538. The summed E-state index contributed by atoms with van der Waals surface area (Å²) in [5.74, 6) is 0.616. The highest BCUT2D eigenvalue weighted by molar-refractivity contribution is 7.09. The van der Waals surface area contributed by atoms with Gasteiger partial charge >= 0.3 is 0 Å². The van der Waals surface area contributed by atoms with Gasteiger partial charge in [-0.15, -0.1) is 11.3 Å². The second-order valence-electron chi connectivity index (χ2n) is 5.50. The second-order valence-corrected chi connectivity index (χ2v) is 6.53. The molecule has 3 heterocycles. The summed E-state index contributed by atoms with van der Waals surface area (Å²) < 4.78 is 1.94. The van der Waals surface area contributed by atoms with E-state index in [1.54, 1.807) is 11.3 Å². The van der Waals surface area contributed by atoms with Crippen molar-refractivity contribution in [1.82, 2.24) is 15.1 Å². The van der Waals surface area contributed by atoms with E-state index < -0.39 is 0 Å². The monoisotopic (exact) mass is 304 g/mol. The van der Waals surface area contributed by atoms with Crippen molar-refractivity contribution in [2.24, 2.45) is 5.92 Å². The predicted molar refractivity (Wildman–Crippen MR) is 84.6 cm³/mol. The van der Waals surface area contributed by atoms with E-state index in [4.69, 9.17) is 0 Å². The van der Waals surface area contributed by atoms with Crippen LogP contribution in [-0.2, 0) is 11.2 Å². The second kappa shape index (κ2) is 6.41. The average Bonchev–Trinajstić information content (AvgIpc) is 3.20. The first-order valence-corrected chi connectivity index (χ1v) is 8.19. The Morgan fingerprint density at radius 1 is 1.62 bits per heavy atom. The smallest absolute Gasteiger partial charge is 0.228 e. The number of anilines is 1. The molecule has 2 unspecified atom stereocenters. The lowest BCUT2D eigenvalue weighted by Crippen LogP contribution is -2.22. The Kier molecular flexibility index (Phi) is 4.36. The summed E-state index contributed by atoms with van der Waals surface area (Å²) in [6.45, 7) is 3.93. The van der Waals surface area contributed by atoms with E-state index in [2.05, 4.69) is 21.8 Å². The number of nitrogens with one attached hydrogen (secondary N) is 2. The minimum absolute atomic E-state index is 0.0261. The molecule has 6 heteroatoms. The van der Waals surface area contributed by atoms with Gasteiger partial charge in [-0.3, -0.25) is 9.48 Å². The van der Waals surface area contributed by atoms with Gasteiger partial charge in [0.1, 0.15) is 0 Å². The van der Waals surface area contributed by atoms with Gasteiger partial charge in [0.15, 0.2) is 5.82 Å². The number of rotatable bonds is 5. The van der Waals surface area contributed by atoms with Crippen LogP contribution < -0.4 is 10.6 Å². The molecule has 0 saturated carbocycles. The molecule has 1 aliphatic heterocycles. The normalized spacial score (nSPS) is 19.6. The number of carbonyl (C=O) groups is 1. The third-order valence-electron chi connectivity index (χ3n) is 3.80. The summed E-state index contributed by atoms with van der Waals surface area (Å²) in [7, 11) is 0. The van der Waals surface area contributed by atoms with Crippen molar-refractivity contribution in [2.75, 3.05) is 18.4 Å². The maximum atomic E-state index is 12.2. The molecule has 5 nitrogen and oxygen atoms in total. The van der Waals surface area contributed by atoms with Crippen molar-refractivity contribution < 1.29 is 4.79 Å².